The smallest absolute Gasteiger partial charge is 0.0701 e. The molecule has 1 aliphatic heterocycles. The number of hydrogen-bond donors (Lipinski definition) is 2. The molecule has 6 nitrogen and oxygen atoms in total. The van der Waals surface area contributed by atoms with Crippen LogP contribution < -0.4 is 5.32 Å². The fraction of sp³-hybridized carbons (Fsp3) is 1.00. The van der Waals surface area contributed by atoms with Crippen molar-refractivity contribution in [3.8, 4) is 0 Å². The summed E-state index contributed by atoms with van der Waals surface area (Å²) in [7, 11) is 0. The summed E-state index contributed by atoms with van der Waals surface area (Å²) >= 11 is 0. The molecule has 18 heavy (non-hydrogen) atoms. The van der Waals surface area contributed by atoms with Gasteiger partial charge in [-0.15, -0.1) is 0 Å². The monoisotopic (exact) mass is 262 g/mol. The van der Waals surface area contributed by atoms with Gasteiger partial charge in [-0.05, 0) is 0 Å². The molecule has 1 saturated heterocycles. The average molecular weight is 262 g/mol. The molecule has 0 aliphatic carbocycles. The molecule has 0 spiro atoms. The number of hydrogen-bond acceptors (Lipinski definition) is 6. The van der Waals surface area contributed by atoms with Gasteiger partial charge in [0, 0.05) is 32.7 Å². The van der Waals surface area contributed by atoms with E-state index in [1.54, 1.807) is 0 Å². The maximum absolute atomic E-state index is 8.97. The summed E-state index contributed by atoms with van der Waals surface area (Å²) in [6.07, 6.45) is 0. The molecule has 1 fully saturated rings. The Hall–Kier alpha value is -0.240. The van der Waals surface area contributed by atoms with E-state index in [0.29, 0.717) is 46.2 Å². The molecule has 1 rings (SSSR count). The topological polar surface area (TPSA) is 63.2 Å². The average Bonchev–Trinajstić information content (AvgIpc) is 2.39. The molecule has 1 heterocycles. The lowest BCUT2D eigenvalue weighted by atomic mass is 10.4. The quantitative estimate of drug-likeness (QED) is 0.661. The molecule has 108 valence electrons. The van der Waals surface area contributed by atoms with Crippen molar-refractivity contribution in [1.29, 1.82) is 0 Å². The van der Waals surface area contributed by atoms with Crippen LogP contribution in [0.2, 0.25) is 0 Å². The van der Waals surface area contributed by atoms with E-state index in [1.807, 2.05) is 0 Å². The summed E-state index contributed by atoms with van der Waals surface area (Å²) in [6.45, 7) is 8.24. The minimum absolute atomic E-state index is 0.171. The van der Waals surface area contributed by atoms with Gasteiger partial charge in [-0.1, -0.05) is 0 Å². The molecule has 2 N–H and O–H groups in total. The van der Waals surface area contributed by atoms with Gasteiger partial charge in [0.05, 0.1) is 46.2 Å². The Morgan fingerprint density at radius 2 is 1.39 bits per heavy atom. The van der Waals surface area contributed by atoms with Crippen LogP contribution in [-0.2, 0) is 14.2 Å². The molecular formula is C12H26N2O4. The third-order valence-electron chi connectivity index (χ3n) is 2.74. The molecule has 0 atom stereocenters. The zero-order valence-electron chi connectivity index (χ0n) is 11.1. The van der Waals surface area contributed by atoms with Gasteiger partial charge in [-0.2, -0.15) is 0 Å². The van der Waals surface area contributed by atoms with E-state index < -0.39 is 0 Å². The van der Waals surface area contributed by atoms with Crippen LogP contribution in [0.25, 0.3) is 0 Å². The Kier molecular flexibility index (Phi) is 10.4. The highest BCUT2D eigenvalue weighted by molar-refractivity contribution is 4.57. The van der Waals surface area contributed by atoms with Crippen LogP contribution in [0.4, 0.5) is 0 Å². The Bertz CT molecular complexity index is 167. The highest BCUT2D eigenvalue weighted by Gasteiger charge is 2.04. The van der Waals surface area contributed by atoms with Gasteiger partial charge in [0.1, 0.15) is 0 Å². The number of aliphatic hydroxyl groups excluding tert-OH is 1. The van der Waals surface area contributed by atoms with Gasteiger partial charge in [0.2, 0.25) is 0 Å². The van der Waals surface area contributed by atoms with E-state index in [4.69, 9.17) is 19.3 Å². The van der Waals surface area contributed by atoms with Gasteiger partial charge in [-0.3, -0.25) is 4.90 Å². The largest absolute Gasteiger partial charge is 0.395 e. The second-order valence-corrected chi connectivity index (χ2v) is 4.15. The van der Waals surface area contributed by atoms with Crippen molar-refractivity contribution in [2.24, 2.45) is 0 Å². The van der Waals surface area contributed by atoms with Crippen molar-refractivity contribution < 1.29 is 19.3 Å². The predicted molar refractivity (Wildman–Crippen MR) is 68.9 cm³/mol. The van der Waals surface area contributed by atoms with Crippen LogP contribution in [0.1, 0.15) is 0 Å². The van der Waals surface area contributed by atoms with Crippen molar-refractivity contribution in [3.63, 3.8) is 0 Å². The lowest BCUT2D eigenvalue weighted by molar-refractivity contribution is 0.0354. The zero-order chi connectivity index (χ0) is 12.9. The second kappa shape index (κ2) is 11.8. The van der Waals surface area contributed by atoms with Gasteiger partial charge in [-0.25, -0.2) is 0 Å². The van der Waals surface area contributed by atoms with E-state index >= 15 is 0 Å². The number of ether oxygens (including phenoxy) is 3. The zero-order valence-corrected chi connectivity index (χ0v) is 11.1. The summed E-state index contributed by atoms with van der Waals surface area (Å²) < 4.78 is 16.4. The standard InChI is InChI=1S/C12H26N2O4/c15-6-3-14-4-9-16-7-1-13-2-8-17-11-12-18-10-5-14/h13,15H,1-12H2. The third kappa shape index (κ3) is 8.79. The maximum Gasteiger partial charge on any atom is 0.0701 e. The third-order valence-corrected chi connectivity index (χ3v) is 2.74. The first kappa shape index (κ1) is 15.8. The van der Waals surface area contributed by atoms with Crippen LogP contribution in [-0.4, -0.2) is 89.0 Å². The lowest BCUT2D eigenvalue weighted by Gasteiger charge is -2.21. The Morgan fingerprint density at radius 1 is 0.833 bits per heavy atom. The van der Waals surface area contributed by atoms with E-state index in [-0.39, 0.29) is 6.61 Å². The van der Waals surface area contributed by atoms with Crippen molar-refractivity contribution in [2.45, 2.75) is 0 Å². The Balaban J connectivity index is 2.20. The van der Waals surface area contributed by atoms with Crippen LogP contribution >= 0.6 is 0 Å². The molecule has 1 aliphatic rings. The molecule has 0 bridgehead atoms. The summed E-state index contributed by atoms with van der Waals surface area (Å²) in [6, 6.07) is 0. The van der Waals surface area contributed by atoms with E-state index in [2.05, 4.69) is 10.2 Å². The fourth-order valence-corrected chi connectivity index (χ4v) is 1.70. The van der Waals surface area contributed by atoms with Crippen LogP contribution in [0.15, 0.2) is 0 Å². The minimum atomic E-state index is 0.171. The molecule has 6 heteroatoms. The normalized spacial score (nSPS) is 23.2. The Morgan fingerprint density at radius 3 is 2.00 bits per heavy atom. The van der Waals surface area contributed by atoms with Gasteiger partial charge < -0.3 is 24.6 Å². The van der Waals surface area contributed by atoms with Crippen LogP contribution in [0.3, 0.4) is 0 Å². The van der Waals surface area contributed by atoms with Crippen molar-refractivity contribution in [2.75, 3.05) is 79.0 Å². The van der Waals surface area contributed by atoms with Crippen LogP contribution in [0, 0.1) is 0 Å². The first-order valence-corrected chi connectivity index (χ1v) is 6.70. The Labute approximate surface area is 109 Å². The SMILES string of the molecule is OCCN1CCOCCNCCOCCOCC1. The first-order valence-electron chi connectivity index (χ1n) is 6.70. The summed E-state index contributed by atoms with van der Waals surface area (Å²) in [5, 5.41) is 12.2. The number of β-amino-alcohol motifs (C(OH)–C–C–N with tert-alkyl or cyclic N) is 1. The number of nitrogens with one attached hydrogen (secondary N) is 1. The highest BCUT2D eigenvalue weighted by atomic mass is 16.5. The molecule has 0 aromatic carbocycles. The number of nitrogens with zero attached hydrogens (tertiary/aromatic N) is 1. The molecule has 0 aromatic rings. The molecular weight excluding hydrogens is 236 g/mol. The van der Waals surface area contributed by atoms with Crippen LogP contribution in [0.5, 0.6) is 0 Å². The van der Waals surface area contributed by atoms with E-state index in [0.717, 1.165) is 26.2 Å². The lowest BCUT2D eigenvalue weighted by Crippen LogP contribution is -2.34. The van der Waals surface area contributed by atoms with Gasteiger partial charge in [0.15, 0.2) is 0 Å². The number of aliphatic hydroxyl groups is 1. The number of rotatable bonds is 2. The molecule has 0 saturated carbocycles. The second-order valence-electron chi connectivity index (χ2n) is 4.15. The molecule has 0 unspecified atom stereocenters. The molecule has 0 radical (unpaired) electrons. The van der Waals surface area contributed by atoms with Gasteiger partial charge >= 0.3 is 0 Å². The van der Waals surface area contributed by atoms with Gasteiger partial charge in [0.25, 0.3) is 0 Å². The molecule has 0 aromatic heterocycles. The van der Waals surface area contributed by atoms with Crippen molar-refractivity contribution >= 4 is 0 Å². The summed E-state index contributed by atoms with van der Waals surface area (Å²) in [5.41, 5.74) is 0. The van der Waals surface area contributed by atoms with E-state index in [1.165, 1.54) is 0 Å². The predicted octanol–water partition coefficient (Wildman–Crippen LogP) is -1.07. The summed E-state index contributed by atoms with van der Waals surface area (Å²) in [4.78, 5) is 2.15. The van der Waals surface area contributed by atoms with E-state index in [9.17, 15) is 0 Å². The molecule has 0 amide bonds. The van der Waals surface area contributed by atoms with Crippen molar-refractivity contribution in [1.82, 2.24) is 10.2 Å². The van der Waals surface area contributed by atoms with Crippen molar-refractivity contribution in [3.05, 3.63) is 0 Å². The fourth-order valence-electron chi connectivity index (χ4n) is 1.70. The summed E-state index contributed by atoms with van der Waals surface area (Å²) in [5.74, 6) is 0. The maximum atomic E-state index is 8.97. The highest BCUT2D eigenvalue weighted by Crippen LogP contribution is 1.90. The minimum Gasteiger partial charge on any atom is -0.395 e. The first-order chi connectivity index (χ1) is 8.93.